The number of phenols is 1. The Bertz CT molecular complexity index is 3810. The summed E-state index contributed by atoms with van der Waals surface area (Å²) in [6.07, 6.45) is 2.16. The van der Waals surface area contributed by atoms with Crippen molar-refractivity contribution in [3.63, 3.8) is 0 Å². The highest BCUT2D eigenvalue weighted by Gasteiger charge is 2.36. The molecule has 11 amide bonds. The number of para-hydroxylation sites is 1. The van der Waals surface area contributed by atoms with E-state index in [2.05, 4.69) is 68.1 Å². The predicted octanol–water partition coefficient (Wildman–Crippen LogP) is -4.15. The van der Waals surface area contributed by atoms with Crippen molar-refractivity contribution < 1.29 is 87.9 Å². The largest absolute Gasteiger partial charge is 0.508 e. The summed E-state index contributed by atoms with van der Waals surface area (Å²) in [4.78, 5) is 186. The van der Waals surface area contributed by atoms with Crippen LogP contribution in [0, 0.1) is 0 Å². The zero-order chi connectivity index (χ0) is 73.5. The zero-order valence-electron chi connectivity index (χ0n) is 54.7. The van der Waals surface area contributed by atoms with Gasteiger partial charge in [0.15, 0.2) is 0 Å². The number of primary amides is 1. The summed E-state index contributed by atoms with van der Waals surface area (Å²) in [5, 5.41) is 75.1. The molecular formula is C67H84N16O18. The van der Waals surface area contributed by atoms with E-state index in [1.54, 1.807) is 91.1 Å². The SMILES string of the molecule is NCCCC[C@H](N)C(=O)N[C@@H](Cc1ccc(O)cc1)C(=O)N[C@@H](Cc1c[nH]c2ccccc12)C(=O)N[C@@H](CO)C(=O)NCC(=O)N[C@@H](CC(N)=O)C(=O)N[C@@H](CO)C(=O)N[C@@H](CCC(=O)O)C(=O)N[C@@H](Cc1ccccc1)C(=O)N[C@@H](Cc1cnc[nH]1)C(=O)N[C@@H](Cc1ccccc1)C(=O)O. The monoisotopic (exact) mass is 1400 g/mol. The maximum absolute atomic E-state index is 14.4. The van der Waals surface area contributed by atoms with Gasteiger partial charge in [-0.1, -0.05) is 97.4 Å². The van der Waals surface area contributed by atoms with Gasteiger partial charge in [0, 0.05) is 67.5 Å². The van der Waals surface area contributed by atoms with E-state index in [-0.39, 0.29) is 44.3 Å². The summed E-state index contributed by atoms with van der Waals surface area (Å²) >= 11 is 0. The number of carboxylic acids is 2. The number of imidazole rings is 1. The number of nitrogens with two attached hydrogens (primary N) is 3. The lowest BCUT2D eigenvalue weighted by Gasteiger charge is -2.27. The smallest absolute Gasteiger partial charge is 0.326 e. The van der Waals surface area contributed by atoms with Crippen molar-refractivity contribution in [2.75, 3.05) is 26.3 Å². The number of aromatic nitrogens is 3. The third-order valence-electron chi connectivity index (χ3n) is 15.9. The number of H-pyrrole nitrogens is 2. The standard InChI is InChI=1S/C67H84N16O18/c68-24-10-9-16-44(69)58(91)77-47(26-39-18-20-42(86)21-19-39)61(94)79-49(28-40-31-72-45-17-8-7-15-43(40)45)63(96)82-53(34-84)59(92)73-33-56(88)75-51(30-55(70)87)65(98)83-54(35-85)66(99)76-46(22-23-57(89)90)60(93)78-48(25-37-11-3-1-4-12-37)62(95)80-50(29-41-32-71-36-74-41)64(97)81-52(67(100)101)27-38-13-5-2-6-14-38/h1-8,11-15,17-21,31-32,36,44,46-54,72,84-86H,9-10,16,22-30,33-35,68-69H2,(H2,70,87)(H,71,74)(H,73,92)(H,75,88)(H,76,99)(H,77,91)(H,78,93)(H,79,94)(H,80,95)(H,81,97)(H,82,96)(H,83,98)(H,89,90)(H,100,101)/t44-,46-,47-,48-,49-,50-,51-,52-,53-,54-/m0/s1. The lowest BCUT2D eigenvalue weighted by Crippen LogP contribution is -2.61. The summed E-state index contributed by atoms with van der Waals surface area (Å²) in [5.74, 6) is -14.8. The van der Waals surface area contributed by atoms with E-state index in [0.717, 1.165) is 0 Å². The summed E-state index contributed by atoms with van der Waals surface area (Å²) in [7, 11) is 0. The lowest BCUT2D eigenvalue weighted by molar-refractivity contribution is -0.142. The first kappa shape index (κ1) is 78.4. The third-order valence-corrected chi connectivity index (χ3v) is 15.9. The van der Waals surface area contributed by atoms with Crippen molar-refractivity contribution in [1.29, 1.82) is 0 Å². The molecule has 540 valence electrons. The number of aliphatic hydroxyl groups is 2. The molecule has 0 saturated carbocycles. The Morgan fingerprint density at radius 3 is 1.48 bits per heavy atom. The second-order valence-electron chi connectivity index (χ2n) is 23.6. The molecule has 6 aromatic rings. The Hall–Kier alpha value is -11.6. The number of aromatic hydroxyl groups is 1. The Labute approximate surface area is 577 Å². The number of hydrogen-bond acceptors (Lipinski definition) is 19. The highest BCUT2D eigenvalue weighted by atomic mass is 16.4. The summed E-state index contributed by atoms with van der Waals surface area (Å²) in [6, 6.07) is 13.2. The van der Waals surface area contributed by atoms with E-state index in [4.69, 9.17) is 17.2 Å². The van der Waals surface area contributed by atoms with Crippen LogP contribution in [-0.4, -0.2) is 204 Å². The first-order chi connectivity index (χ1) is 48.3. The number of fused-ring (bicyclic) bond motifs is 1. The van der Waals surface area contributed by atoms with Crippen molar-refractivity contribution in [3.8, 4) is 5.75 Å². The Morgan fingerprint density at radius 1 is 0.475 bits per heavy atom. The van der Waals surface area contributed by atoms with Gasteiger partial charge in [0.2, 0.25) is 65.0 Å². The highest BCUT2D eigenvalue weighted by Crippen LogP contribution is 2.20. The number of carbonyl (C=O) groups excluding carboxylic acids is 11. The van der Waals surface area contributed by atoms with Gasteiger partial charge in [-0.05, 0) is 66.3 Å². The second kappa shape index (κ2) is 39.7. The minimum atomic E-state index is -2.02. The normalized spacial score (nSPS) is 14.0. The van der Waals surface area contributed by atoms with Crippen LogP contribution in [0.4, 0.5) is 0 Å². The average molecular weight is 1400 g/mol. The van der Waals surface area contributed by atoms with Crippen LogP contribution in [0.25, 0.3) is 10.9 Å². The highest BCUT2D eigenvalue weighted by molar-refractivity contribution is 6.00. The van der Waals surface area contributed by atoms with Gasteiger partial charge in [0.25, 0.3) is 0 Å². The molecule has 0 aliphatic heterocycles. The molecule has 34 heteroatoms. The van der Waals surface area contributed by atoms with Crippen molar-refractivity contribution >= 4 is 87.8 Å². The Balaban J connectivity index is 1.12. The summed E-state index contributed by atoms with van der Waals surface area (Å²) < 4.78 is 0. The van der Waals surface area contributed by atoms with Crippen LogP contribution in [0.3, 0.4) is 0 Å². The molecule has 0 fully saturated rings. The molecule has 0 bridgehead atoms. The summed E-state index contributed by atoms with van der Waals surface area (Å²) in [6.45, 7) is -2.97. The number of aromatic amines is 2. The maximum Gasteiger partial charge on any atom is 0.326 e. The van der Waals surface area contributed by atoms with Gasteiger partial charge in [-0.25, -0.2) is 9.78 Å². The number of carbonyl (C=O) groups is 13. The fourth-order valence-corrected chi connectivity index (χ4v) is 10.4. The van der Waals surface area contributed by atoms with Crippen molar-refractivity contribution in [2.24, 2.45) is 17.2 Å². The molecule has 2 aromatic heterocycles. The fraction of sp³-hybridized carbons (Fsp3) is 0.373. The van der Waals surface area contributed by atoms with Crippen LogP contribution in [0.15, 0.2) is 128 Å². The number of aliphatic hydroxyl groups excluding tert-OH is 2. The number of aliphatic carboxylic acids is 2. The minimum absolute atomic E-state index is 0.0723. The van der Waals surface area contributed by atoms with Crippen LogP contribution in [0.5, 0.6) is 5.75 Å². The topological polar surface area (TPSA) is 566 Å². The van der Waals surface area contributed by atoms with Gasteiger partial charge in [-0.3, -0.25) is 57.5 Å². The molecule has 6 rings (SSSR count). The van der Waals surface area contributed by atoms with Crippen LogP contribution >= 0.6 is 0 Å². The van der Waals surface area contributed by atoms with Gasteiger partial charge in [0.05, 0.1) is 38.5 Å². The van der Waals surface area contributed by atoms with Crippen LogP contribution < -0.4 is 70.4 Å². The van der Waals surface area contributed by atoms with Gasteiger partial charge in [-0.2, -0.15) is 0 Å². The molecule has 4 aromatic carbocycles. The fourth-order valence-electron chi connectivity index (χ4n) is 10.4. The number of nitrogens with one attached hydrogen (secondary N) is 12. The molecule has 23 N–H and O–H groups in total. The number of carboxylic acid groups (broad SMARTS) is 2. The van der Waals surface area contributed by atoms with Crippen molar-refractivity contribution in [3.05, 3.63) is 156 Å². The van der Waals surface area contributed by atoms with Crippen LogP contribution in [0.2, 0.25) is 0 Å². The molecule has 0 spiro atoms. The van der Waals surface area contributed by atoms with E-state index in [9.17, 15) is 87.9 Å². The van der Waals surface area contributed by atoms with Crippen LogP contribution in [-0.2, 0) is 94.4 Å². The van der Waals surface area contributed by atoms with Crippen molar-refractivity contribution in [1.82, 2.24) is 68.1 Å². The zero-order valence-corrected chi connectivity index (χ0v) is 54.7. The summed E-state index contributed by atoms with van der Waals surface area (Å²) in [5.41, 5.74) is 20.3. The third kappa shape index (κ3) is 25.6. The number of rotatable bonds is 42. The van der Waals surface area contributed by atoms with Crippen LogP contribution in [0.1, 0.15) is 66.5 Å². The number of phenolic OH excluding ortho intramolecular Hbond substituents is 1. The van der Waals surface area contributed by atoms with E-state index >= 15 is 0 Å². The quantitative estimate of drug-likeness (QED) is 0.0162. The molecule has 10 atom stereocenters. The Morgan fingerprint density at radius 2 is 0.941 bits per heavy atom. The van der Waals surface area contributed by atoms with Crippen molar-refractivity contribution in [2.45, 2.75) is 131 Å². The molecule has 34 nitrogen and oxygen atoms in total. The molecule has 0 aliphatic carbocycles. The molecule has 0 saturated heterocycles. The number of benzene rings is 4. The molecule has 101 heavy (non-hydrogen) atoms. The van der Waals surface area contributed by atoms with Gasteiger partial charge in [-0.15, -0.1) is 0 Å². The molecule has 2 heterocycles. The lowest BCUT2D eigenvalue weighted by atomic mass is 10.0. The molecule has 0 radical (unpaired) electrons. The number of amides is 11. The minimum Gasteiger partial charge on any atom is -0.508 e. The Kier molecular flexibility index (Phi) is 30.8. The predicted molar refractivity (Wildman–Crippen MR) is 360 cm³/mol. The first-order valence-electron chi connectivity index (χ1n) is 32.1. The molecular weight excluding hydrogens is 1320 g/mol. The number of unbranched alkanes of at least 4 members (excludes halogenated alkanes) is 1. The molecule has 0 unspecified atom stereocenters. The van der Waals surface area contributed by atoms with E-state index in [1.807, 2.05) is 0 Å². The first-order valence-corrected chi connectivity index (χ1v) is 32.1. The van der Waals surface area contributed by atoms with Gasteiger partial charge >= 0.3 is 11.9 Å². The average Bonchev–Trinajstić information content (AvgIpc) is 1.66. The molecule has 0 aliphatic rings. The number of nitrogens with zero attached hydrogens (tertiary/aromatic N) is 1. The van der Waals surface area contributed by atoms with E-state index in [0.29, 0.717) is 58.2 Å². The van der Waals surface area contributed by atoms with E-state index < -0.39 is 176 Å². The number of hydrogen-bond donors (Lipinski definition) is 20. The van der Waals surface area contributed by atoms with Gasteiger partial charge < -0.3 is 106 Å². The second-order valence-corrected chi connectivity index (χ2v) is 23.6. The van der Waals surface area contributed by atoms with E-state index in [1.165, 1.54) is 36.8 Å². The maximum atomic E-state index is 14.4. The van der Waals surface area contributed by atoms with Gasteiger partial charge in [0.1, 0.15) is 60.1 Å².